The van der Waals surface area contributed by atoms with Crippen LogP contribution < -0.4 is 4.74 Å². The molecule has 1 aromatic carbocycles. The predicted octanol–water partition coefficient (Wildman–Crippen LogP) is 5.00. The van der Waals surface area contributed by atoms with Crippen molar-refractivity contribution in [3.8, 4) is 11.5 Å². The maximum absolute atomic E-state index is 10.1. The van der Waals surface area contributed by atoms with E-state index in [4.69, 9.17) is 4.74 Å². The average molecular weight is 342 g/mol. The minimum absolute atomic E-state index is 0.150. The van der Waals surface area contributed by atoms with Gasteiger partial charge in [-0.3, -0.25) is 0 Å². The van der Waals surface area contributed by atoms with Crippen LogP contribution in [0.25, 0.3) is 6.08 Å². The number of aliphatic hydroxyl groups is 1. The summed E-state index contributed by atoms with van der Waals surface area (Å²) < 4.78 is 6.28. The van der Waals surface area contributed by atoms with Crippen LogP contribution in [0, 0.1) is 18.3 Å². The fourth-order valence-electron chi connectivity index (χ4n) is 4.31. The third kappa shape index (κ3) is 3.62. The minimum atomic E-state index is -0.388. The molecule has 1 aliphatic carbocycles. The van der Waals surface area contributed by atoms with Gasteiger partial charge in [0.25, 0.3) is 0 Å². The molecule has 0 unspecified atom stereocenters. The zero-order chi connectivity index (χ0) is 18.2. The highest BCUT2D eigenvalue weighted by atomic mass is 16.5. The maximum atomic E-state index is 10.1. The van der Waals surface area contributed by atoms with Gasteiger partial charge in [0, 0.05) is 0 Å². The van der Waals surface area contributed by atoms with Gasteiger partial charge in [-0.25, -0.2) is 0 Å². The van der Waals surface area contributed by atoms with Crippen molar-refractivity contribution in [2.24, 2.45) is 11.3 Å². The van der Waals surface area contributed by atoms with E-state index in [-0.39, 0.29) is 23.4 Å². The lowest BCUT2D eigenvalue weighted by molar-refractivity contribution is 0.0992. The molecule has 136 valence electrons. The van der Waals surface area contributed by atoms with Gasteiger partial charge in [0.15, 0.2) is 0 Å². The number of aryl methyl sites for hydroxylation is 1. The van der Waals surface area contributed by atoms with Crippen molar-refractivity contribution in [1.29, 1.82) is 0 Å². The Hall–Kier alpha value is -1.74. The molecule has 1 heterocycles. The molecule has 0 fully saturated rings. The standard InChI is InChI=1S/C22H30O3/c1-15-12-19(24)17-7-10-22(4,25-20(17)13-15)11-8-18-16(14-23)6-5-9-21(18,2)3/h6-7,10,12-13,18,23-24H,5,8-9,11,14H2,1-4H3/t18-,22+/m1/s1. The number of hydrogen-bond acceptors (Lipinski definition) is 3. The Morgan fingerprint density at radius 1 is 1.24 bits per heavy atom. The number of allylic oxidation sites excluding steroid dienone is 1. The summed E-state index contributed by atoms with van der Waals surface area (Å²) in [5.41, 5.74) is 2.74. The number of phenolic OH excluding ortho intramolecular Hbond substituents is 1. The molecule has 3 heteroatoms. The lowest BCUT2D eigenvalue weighted by Crippen LogP contribution is -2.36. The highest BCUT2D eigenvalue weighted by Crippen LogP contribution is 2.45. The van der Waals surface area contributed by atoms with Gasteiger partial charge < -0.3 is 14.9 Å². The molecule has 3 nitrogen and oxygen atoms in total. The fourth-order valence-corrected chi connectivity index (χ4v) is 4.31. The van der Waals surface area contributed by atoms with E-state index in [9.17, 15) is 10.2 Å². The Morgan fingerprint density at radius 2 is 2.00 bits per heavy atom. The smallest absolute Gasteiger partial charge is 0.131 e. The van der Waals surface area contributed by atoms with E-state index in [1.54, 1.807) is 6.07 Å². The predicted molar refractivity (Wildman–Crippen MR) is 102 cm³/mol. The molecule has 2 atom stereocenters. The Bertz CT molecular complexity index is 714. The van der Waals surface area contributed by atoms with Gasteiger partial charge in [0.05, 0.1) is 12.2 Å². The van der Waals surface area contributed by atoms with Gasteiger partial charge in [0.2, 0.25) is 0 Å². The van der Waals surface area contributed by atoms with E-state index in [0.29, 0.717) is 5.92 Å². The first kappa shape index (κ1) is 18.1. The maximum Gasteiger partial charge on any atom is 0.131 e. The average Bonchev–Trinajstić information content (AvgIpc) is 2.52. The lowest BCUT2D eigenvalue weighted by Gasteiger charge is -2.41. The summed E-state index contributed by atoms with van der Waals surface area (Å²) in [7, 11) is 0. The van der Waals surface area contributed by atoms with Crippen LogP contribution in [0.5, 0.6) is 11.5 Å². The van der Waals surface area contributed by atoms with Gasteiger partial charge >= 0.3 is 0 Å². The Kier molecular flexibility index (Phi) is 4.72. The number of aromatic hydroxyl groups is 1. The van der Waals surface area contributed by atoms with E-state index in [1.165, 1.54) is 5.57 Å². The van der Waals surface area contributed by atoms with Crippen LogP contribution >= 0.6 is 0 Å². The molecule has 2 N–H and O–H groups in total. The second-order valence-electron chi connectivity index (χ2n) is 8.50. The molecule has 0 bridgehead atoms. The topological polar surface area (TPSA) is 49.7 Å². The summed E-state index contributed by atoms with van der Waals surface area (Å²) in [5.74, 6) is 1.41. The van der Waals surface area contributed by atoms with Crippen LogP contribution in [0.3, 0.4) is 0 Å². The van der Waals surface area contributed by atoms with Gasteiger partial charge in [-0.1, -0.05) is 19.9 Å². The summed E-state index contributed by atoms with van der Waals surface area (Å²) in [4.78, 5) is 0. The summed E-state index contributed by atoms with van der Waals surface area (Å²) in [5, 5.41) is 19.9. The molecule has 1 aromatic rings. The number of hydrogen-bond donors (Lipinski definition) is 2. The second kappa shape index (κ2) is 6.53. The molecule has 1 aliphatic heterocycles. The van der Waals surface area contributed by atoms with Crippen LogP contribution in [-0.4, -0.2) is 22.4 Å². The molecule has 0 amide bonds. The quantitative estimate of drug-likeness (QED) is 0.757. The van der Waals surface area contributed by atoms with Gasteiger partial charge in [-0.05, 0) is 86.3 Å². The fraction of sp³-hybridized carbons (Fsp3) is 0.545. The molecule has 0 aromatic heterocycles. The number of aliphatic hydroxyl groups excluding tert-OH is 1. The van der Waals surface area contributed by atoms with Crippen LogP contribution in [0.15, 0.2) is 29.9 Å². The normalized spacial score (nSPS) is 27.4. The zero-order valence-corrected chi connectivity index (χ0v) is 15.8. The van der Waals surface area contributed by atoms with E-state index in [2.05, 4.69) is 32.9 Å². The summed E-state index contributed by atoms with van der Waals surface area (Å²) >= 11 is 0. The van der Waals surface area contributed by atoms with Crippen molar-refractivity contribution in [3.05, 3.63) is 41.0 Å². The van der Waals surface area contributed by atoms with Crippen LogP contribution in [0.1, 0.15) is 57.6 Å². The molecular weight excluding hydrogens is 312 g/mol. The van der Waals surface area contributed by atoms with Crippen molar-refractivity contribution in [2.45, 2.75) is 59.0 Å². The van der Waals surface area contributed by atoms with Crippen molar-refractivity contribution < 1.29 is 14.9 Å². The molecule has 0 radical (unpaired) electrons. The third-order valence-corrected chi connectivity index (χ3v) is 5.91. The Morgan fingerprint density at radius 3 is 2.72 bits per heavy atom. The molecule has 0 saturated heterocycles. The summed E-state index contributed by atoms with van der Waals surface area (Å²) in [6.07, 6.45) is 10.3. The first-order chi connectivity index (χ1) is 11.7. The van der Waals surface area contributed by atoms with Crippen molar-refractivity contribution in [3.63, 3.8) is 0 Å². The zero-order valence-electron chi connectivity index (χ0n) is 15.8. The van der Waals surface area contributed by atoms with E-state index < -0.39 is 0 Å². The molecule has 3 rings (SSSR count). The van der Waals surface area contributed by atoms with Crippen LogP contribution in [-0.2, 0) is 0 Å². The number of ether oxygens (including phenoxy) is 1. The van der Waals surface area contributed by atoms with Gasteiger partial charge in [-0.15, -0.1) is 0 Å². The number of rotatable bonds is 4. The Balaban J connectivity index is 1.77. The monoisotopic (exact) mass is 342 g/mol. The molecule has 0 spiro atoms. The van der Waals surface area contributed by atoms with E-state index >= 15 is 0 Å². The Labute approximate surface area is 151 Å². The molecular formula is C22H30O3. The van der Waals surface area contributed by atoms with Crippen molar-refractivity contribution >= 4 is 6.08 Å². The molecule has 0 saturated carbocycles. The van der Waals surface area contributed by atoms with Crippen molar-refractivity contribution in [2.75, 3.05) is 6.61 Å². The molecule has 2 aliphatic rings. The SMILES string of the molecule is Cc1cc(O)c2c(c1)O[C@](C)(CC[C@@H]1C(CO)=CCCC1(C)C)C=C2. The van der Waals surface area contributed by atoms with Crippen LogP contribution in [0.4, 0.5) is 0 Å². The minimum Gasteiger partial charge on any atom is -0.507 e. The first-order valence-corrected chi connectivity index (χ1v) is 9.26. The number of fused-ring (bicyclic) bond motifs is 1. The van der Waals surface area contributed by atoms with E-state index in [0.717, 1.165) is 42.6 Å². The van der Waals surface area contributed by atoms with Gasteiger partial charge in [0.1, 0.15) is 17.1 Å². The van der Waals surface area contributed by atoms with Crippen molar-refractivity contribution in [1.82, 2.24) is 0 Å². The largest absolute Gasteiger partial charge is 0.507 e. The highest BCUT2D eigenvalue weighted by molar-refractivity contribution is 5.67. The van der Waals surface area contributed by atoms with Crippen LogP contribution in [0.2, 0.25) is 0 Å². The summed E-state index contributed by atoms with van der Waals surface area (Å²) in [6.45, 7) is 8.82. The molecule has 25 heavy (non-hydrogen) atoms. The second-order valence-corrected chi connectivity index (χ2v) is 8.50. The third-order valence-electron chi connectivity index (χ3n) is 5.91. The number of benzene rings is 1. The highest BCUT2D eigenvalue weighted by Gasteiger charge is 2.37. The van der Waals surface area contributed by atoms with Gasteiger partial charge in [-0.2, -0.15) is 0 Å². The summed E-state index contributed by atoms with van der Waals surface area (Å²) in [6, 6.07) is 3.75. The number of phenols is 1. The van der Waals surface area contributed by atoms with E-state index in [1.807, 2.05) is 19.1 Å². The first-order valence-electron chi connectivity index (χ1n) is 9.26. The lowest BCUT2D eigenvalue weighted by atomic mass is 9.66.